The molecule has 1 atom stereocenters. The monoisotopic (exact) mass is 562 g/mol. The molecule has 0 saturated heterocycles. The highest BCUT2D eigenvalue weighted by Crippen LogP contribution is 2.43. The Labute approximate surface area is 205 Å². The van der Waals surface area contributed by atoms with Gasteiger partial charge in [-0.2, -0.15) is 26.3 Å². The summed E-state index contributed by atoms with van der Waals surface area (Å²) in [4.78, 5) is 13.4. The lowest BCUT2D eigenvalue weighted by molar-refractivity contribution is -0.143. The number of rotatable bonds is 2. The second-order valence-corrected chi connectivity index (χ2v) is 9.95. The molecular weight excluding hydrogens is 542 g/mol. The van der Waals surface area contributed by atoms with E-state index in [1.165, 1.54) is 4.57 Å². The number of anilines is 1. The van der Waals surface area contributed by atoms with Crippen LogP contribution in [0.2, 0.25) is 0 Å². The van der Waals surface area contributed by atoms with Crippen molar-refractivity contribution in [2.75, 3.05) is 5.32 Å². The number of ether oxygens (including phenoxy) is 1. The molecule has 2 heterocycles. The van der Waals surface area contributed by atoms with Gasteiger partial charge in [0.1, 0.15) is 0 Å². The SMILES string of the molecule is CC[C@@H]1OC(C)(C)Cc2c1n(C(=O)Nc1cc(C(F)(F)F)cc(C(F)(F)F)c1)c1ccc(Br)cc21. The topological polar surface area (TPSA) is 43.3 Å². The first-order valence-corrected chi connectivity index (χ1v) is 11.5. The average Bonchev–Trinajstić information content (AvgIpc) is 3.04. The molecule has 0 aliphatic carbocycles. The van der Waals surface area contributed by atoms with Gasteiger partial charge in [0.05, 0.1) is 34.0 Å². The standard InChI is InChI=1S/C24H21BrF6N2O2/c1-4-19-20-17(11-22(2,3)35-19)16-10-14(25)5-6-18(16)33(20)21(34)32-15-8-12(23(26,27)28)7-13(9-15)24(29,30)31/h5-10,19H,4,11H2,1-3H3,(H,32,34)/t19-/m0/s1. The Morgan fingerprint density at radius 2 is 1.69 bits per heavy atom. The number of carbonyl (C=O) groups is 1. The van der Waals surface area contributed by atoms with Crippen molar-refractivity contribution in [2.45, 2.75) is 57.7 Å². The number of nitrogens with one attached hydrogen (secondary N) is 1. The molecule has 0 unspecified atom stereocenters. The van der Waals surface area contributed by atoms with Crippen molar-refractivity contribution >= 4 is 38.6 Å². The summed E-state index contributed by atoms with van der Waals surface area (Å²) in [5.74, 6) is 0. The van der Waals surface area contributed by atoms with E-state index in [0.717, 1.165) is 15.4 Å². The molecule has 0 bridgehead atoms. The van der Waals surface area contributed by atoms with Gasteiger partial charge >= 0.3 is 18.4 Å². The van der Waals surface area contributed by atoms with Crippen LogP contribution in [0.1, 0.15) is 55.7 Å². The molecule has 1 aliphatic rings. The number of aromatic nitrogens is 1. The molecule has 4 nitrogen and oxygen atoms in total. The van der Waals surface area contributed by atoms with Gasteiger partial charge < -0.3 is 10.1 Å². The molecule has 1 aliphatic heterocycles. The van der Waals surface area contributed by atoms with Crippen LogP contribution < -0.4 is 5.32 Å². The quantitative estimate of drug-likeness (QED) is 0.319. The second-order valence-electron chi connectivity index (χ2n) is 9.04. The number of alkyl halides is 6. The molecule has 0 radical (unpaired) electrons. The van der Waals surface area contributed by atoms with Crippen LogP contribution in [-0.4, -0.2) is 16.2 Å². The third kappa shape index (κ3) is 4.93. The van der Waals surface area contributed by atoms with Gasteiger partial charge in [-0.05, 0) is 62.2 Å². The molecule has 0 saturated carbocycles. The van der Waals surface area contributed by atoms with Crippen LogP contribution in [0.3, 0.4) is 0 Å². The molecule has 1 aromatic heterocycles. The van der Waals surface area contributed by atoms with Crippen molar-refractivity contribution in [3.63, 3.8) is 0 Å². The van der Waals surface area contributed by atoms with Gasteiger partial charge in [-0.15, -0.1) is 0 Å². The summed E-state index contributed by atoms with van der Waals surface area (Å²) in [7, 11) is 0. The van der Waals surface area contributed by atoms with Crippen LogP contribution >= 0.6 is 15.9 Å². The Morgan fingerprint density at radius 1 is 1.09 bits per heavy atom. The fourth-order valence-corrected chi connectivity index (χ4v) is 4.84. The van der Waals surface area contributed by atoms with Crippen LogP contribution in [0.25, 0.3) is 10.9 Å². The number of amides is 1. The Morgan fingerprint density at radius 3 is 2.23 bits per heavy atom. The summed E-state index contributed by atoms with van der Waals surface area (Å²) in [5, 5.41) is 3.00. The Kier molecular flexibility index (Phi) is 6.24. The number of fused-ring (bicyclic) bond motifs is 3. The minimum atomic E-state index is -5.03. The first-order valence-electron chi connectivity index (χ1n) is 10.7. The summed E-state index contributed by atoms with van der Waals surface area (Å²) in [6.45, 7) is 5.70. The Bertz CT molecular complexity index is 1280. The van der Waals surface area contributed by atoms with E-state index >= 15 is 0 Å². The molecule has 3 aromatic rings. The lowest BCUT2D eigenvalue weighted by Gasteiger charge is -2.36. The highest BCUT2D eigenvalue weighted by molar-refractivity contribution is 9.10. The molecular formula is C24H21BrF6N2O2. The first-order chi connectivity index (χ1) is 16.1. The number of hydrogen-bond acceptors (Lipinski definition) is 2. The Balaban J connectivity index is 1.87. The minimum absolute atomic E-state index is 0.0170. The van der Waals surface area contributed by atoms with Gasteiger partial charge in [0.15, 0.2) is 0 Å². The van der Waals surface area contributed by atoms with Gasteiger partial charge in [-0.3, -0.25) is 4.57 Å². The molecule has 0 fully saturated rings. The van der Waals surface area contributed by atoms with E-state index in [-0.39, 0.29) is 6.07 Å². The summed E-state index contributed by atoms with van der Waals surface area (Å²) in [6.07, 6.45) is -9.59. The van der Waals surface area contributed by atoms with E-state index in [0.29, 0.717) is 36.2 Å². The Hall–Kier alpha value is -2.53. The summed E-state index contributed by atoms with van der Waals surface area (Å²) < 4.78 is 87.9. The van der Waals surface area contributed by atoms with Crippen molar-refractivity contribution in [3.8, 4) is 0 Å². The smallest absolute Gasteiger partial charge is 0.366 e. The predicted octanol–water partition coefficient (Wildman–Crippen LogP) is 8.32. The second kappa shape index (κ2) is 8.55. The average molecular weight is 563 g/mol. The maximum absolute atomic E-state index is 13.4. The highest BCUT2D eigenvalue weighted by Gasteiger charge is 2.39. The summed E-state index contributed by atoms with van der Waals surface area (Å²) in [5.41, 5.74) is -2.33. The van der Waals surface area contributed by atoms with Crippen molar-refractivity contribution < 1.29 is 35.9 Å². The molecule has 188 valence electrons. The van der Waals surface area contributed by atoms with Crippen LogP contribution in [0.5, 0.6) is 0 Å². The van der Waals surface area contributed by atoms with Gasteiger partial charge in [0, 0.05) is 22.0 Å². The van der Waals surface area contributed by atoms with E-state index in [1.54, 1.807) is 12.1 Å². The third-order valence-electron chi connectivity index (χ3n) is 5.86. The van der Waals surface area contributed by atoms with E-state index < -0.39 is 46.9 Å². The molecule has 1 N–H and O–H groups in total. The molecule has 4 rings (SSSR count). The van der Waals surface area contributed by atoms with Gasteiger partial charge in [-0.25, -0.2) is 4.79 Å². The van der Waals surface area contributed by atoms with E-state index in [2.05, 4.69) is 21.2 Å². The third-order valence-corrected chi connectivity index (χ3v) is 6.35. The van der Waals surface area contributed by atoms with E-state index in [1.807, 2.05) is 26.8 Å². The van der Waals surface area contributed by atoms with Crippen LogP contribution in [0.15, 0.2) is 40.9 Å². The van der Waals surface area contributed by atoms with E-state index in [9.17, 15) is 31.1 Å². The maximum Gasteiger partial charge on any atom is 0.416 e. The van der Waals surface area contributed by atoms with Crippen molar-refractivity contribution in [1.29, 1.82) is 0 Å². The lowest BCUT2D eigenvalue weighted by atomic mass is 9.90. The molecule has 1 amide bonds. The fraction of sp³-hybridized carbons (Fsp3) is 0.375. The van der Waals surface area contributed by atoms with Crippen LogP contribution in [0, 0.1) is 0 Å². The zero-order valence-electron chi connectivity index (χ0n) is 18.9. The van der Waals surface area contributed by atoms with E-state index in [4.69, 9.17) is 4.74 Å². The largest absolute Gasteiger partial charge is 0.416 e. The van der Waals surface area contributed by atoms with Crippen molar-refractivity contribution in [1.82, 2.24) is 4.57 Å². The highest BCUT2D eigenvalue weighted by atomic mass is 79.9. The number of hydrogen-bond donors (Lipinski definition) is 1. The molecule has 0 spiro atoms. The van der Waals surface area contributed by atoms with Gasteiger partial charge in [-0.1, -0.05) is 22.9 Å². The summed E-state index contributed by atoms with van der Waals surface area (Å²) >= 11 is 3.42. The molecule has 35 heavy (non-hydrogen) atoms. The normalized spacial score (nSPS) is 17.9. The number of benzene rings is 2. The maximum atomic E-state index is 13.4. The molecule has 11 heteroatoms. The van der Waals surface area contributed by atoms with Crippen molar-refractivity contribution in [2.24, 2.45) is 0 Å². The lowest BCUT2D eigenvalue weighted by Crippen LogP contribution is -2.36. The zero-order valence-corrected chi connectivity index (χ0v) is 20.5. The number of halogens is 7. The first kappa shape index (κ1) is 25.6. The van der Waals surface area contributed by atoms with Gasteiger partial charge in [0.25, 0.3) is 0 Å². The minimum Gasteiger partial charge on any atom is -0.366 e. The molecule has 2 aromatic carbocycles. The summed E-state index contributed by atoms with van der Waals surface area (Å²) in [6, 6.07) is 5.31. The van der Waals surface area contributed by atoms with Crippen LogP contribution in [-0.2, 0) is 23.5 Å². The van der Waals surface area contributed by atoms with Gasteiger partial charge in [0.2, 0.25) is 0 Å². The number of carbonyl (C=O) groups excluding carboxylic acids is 1. The fourth-order valence-electron chi connectivity index (χ4n) is 4.48. The predicted molar refractivity (Wildman–Crippen MR) is 122 cm³/mol. The van der Waals surface area contributed by atoms with Crippen molar-refractivity contribution in [3.05, 3.63) is 63.3 Å². The number of nitrogens with zero attached hydrogens (tertiary/aromatic N) is 1. The van der Waals surface area contributed by atoms with Crippen LogP contribution in [0.4, 0.5) is 36.8 Å². The zero-order chi connectivity index (χ0) is 25.9.